The average molecular weight is 192 g/mol. The van der Waals surface area contributed by atoms with Gasteiger partial charge in [0.05, 0.1) is 5.69 Å². The van der Waals surface area contributed by atoms with Crippen LogP contribution in [0.3, 0.4) is 0 Å². The zero-order valence-corrected chi connectivity index (χ0v) is 8.89. The number of rotatable bonds is 0. The van der Waals surface area contributed by atoms with Crippen LogP contribution in [0.25, 0.3) is 0 Å². The molecule has 3 N–H and O–H groups in total. The first-order valence-electron chi connectivity index (χ1n) is 4.85. The largest absolute Gasteiger partial charge is 0.383 e. The zero-order valence-electron chi connectivity index (χ0n) is 8.89. The molecule has 2 heterocycles. The highest BCUT2D eigenvalue weighted by molar-refractivity contribution is 5.44. The minimum absolute atomic E-state index is 0.0360. The Bertz CT molecular complexity index is 365. The van der Waals surface area contributed by atoms with E-state index in [-0.39, 0.29) is 5.41 Å². The Labute approximate surface area is 83.9 Å². The van der Waals surface area contributed by atoms with E-state index >= 15 is 0 Å². The SMILES string of the molecule is CC(C)(C)c1nc(N)c2c(n1)CNC2. The van der Waals surface area contributed by atoms with Gasteiger partial charge in [0.1, 0.15) is 11.6 Å². The fourth-order valence-corrected chi connectivity index (χ4v) is 1.53. The van der Waals surface area contributed by atoms with E-state index in [0.717, 1.165) is 30.2 Å². The molecule has 1 aromatic heterocycles. The van der Waals surface area contributed by atoms with Gasteiger partial charge < -0.3 is 11.1 Å². The Morgan fingerprint density at radius 3 is 2.57 bits per heavy atom. The predicted molar refractivity (Wildman–Crippen MR) is 55.7 cm³/mol. The van der Waals surface area contributed by atoms with Crippen LogP contribution in [0, 0.1) is 0 Å². The number of fused-ring (bicyclic) bond motifs is 1. The van der Waals surface area contributed by atoms with Gasteiger partial charge in [0.25, 0.3) is 0 Å². The third-order valence-electron chi connectivity index (χ3n) is 2.39. The van der Waals surface area contributed by atoms with E-state index in [4.69, 9.17) is 5.73 Å². The lowest BCUT2D eigenvalue weighted by Crippen LogP contribution is -2.18. The number of anilines is 1. The maximum Gasteiger partial charge on any atom is 0.136 e. The molecule has 0 bridgehead atoms. The molecule has 1 aliphatic rings. The summed E-state index contributed by atoms with van der Waals surface area (Å²) >= 11 is 0. The van der Waals surface area contributed by atoms with E-state index < -0.39 is 0 Å². The maximum atomic E-state index is 5.88. The Balaban J connectivity index is 2.52. The van der Waals surface area contributed by atoms with Gasteiger partial charge in [-0.05, 0) is 0 Å². The Hall–Kier alpha value is -1.16. The van der Waals surface area contributed by atoms with Crippen molar-refractivity contribution in [2.24, 2.45) is 0 Å². The molecule has 0 fully saturated rings. The number of aromatic nitrogens is 2. The van der Waals surface area contributed by atoms with Gasteiger partial charge in [-0.1, -0.05) is 20.8 Å². The zero-order chi connectivity index (χ0) is 10.3. The van der Waals surface area contributed by atoms with Gasteiger partial charge in [-0.15, -0.1) is 0 Å². The van der Waals surface area contributed by atoms with E-state index in [0.29, 0.717) is 5.82 Å². The van der Waals surface area contributed by atoms with E-state index in [9.17, 15) is 0 Å². The molecule has 1 aliphatic heterocycles. The number of hydrogen-bond acceptors (Lipinski definition) is 4. The molecular formula is C10H16N4. The molecule has 0 saturated heterocycles. The highest BCUT2D eigenvalue weighted by Crippen LogP contribution is 2.24. The van der Waals surface area contributed by atoms with Gasteiger partial charge in [-0.2, -0.15) is 0 Å². The first-order chi connectivity index (χ1) is 6.48. The lowest BCUT2D eigenvalue weighted by molar-refractivity contribution is 0.542. The van der Waals surface area contributed by atoms with Crippen molar-refractivity contribution in [2.75, 3.05) is 5.73 Å². The molecule has 14 heavy (non-hydrogen) atoms. The second kappa shape index (κ2) is 2.92. The topological polar surface area (TPSA) is 63.8 Å². The van der Waals surface area contributed by atoms with Crippen molar-refractivity contribution in [2.45, 2.75) is 39.3 Å². The van der Waals surface area contributed by atoms with Gasteiger partial charge in [0.2, 0.25) is 0 Å². The van der Waals surface area contributed by atoms with Crippen LogP contribution in [0.15, 0.2) is 0 Å². The third kappa shape index (κ3) is 1.46. The van der Waals surface area contributed by atoms with Crippen molar-refractivity contribution in [1.82, 2.24) is 15.3 Å². The van der Waals surface area contributed by atoms with E-state index in [1.807, 2.05) is 0 Å². The van der Waals surface area contributed by atoms with E-state index in [1.165, 1.54) is 0 Å². The normalized spacial score (nSPS) is 15.6. The molecule has 0 unspecified atom stereocenters. The summed E-state index contributed by atoms with van der Waals surface area (Å²) in [6, 6.07) is 0. The standard InChI is InChI=1S/C10H16N4/c1-10(2,3)9-13-7-5-12-4-6(7)8(11)14-9/h12H,4-5H2,1-3H3,(H2,11,13,14). The number of nitrogens with two attached hydrogens (primary N) is 1. The Kier molecular flexibility index (Phi) is 1.96. The van der Waals surface area contributed by atoms with Crippen LogP contribution in [0.5, 0.6) is 0 Å². The fraction of sp³-hybridized carbons (Fsp3) is 0.600. The van der Waals surface area contributed by atoms with Gasteiger partial charge in [0.15, 0.2) is 0 Å². The molecule has 0 aromatic carbocycles. The van der Waals surface area contributed by atoms with Crippen LogP contribution in [0.4, 0.5) is 5.82 Å². The van der Waals surface area contributed by atoms with Crippen LogP contribution in [-0.4, -0.2) is 9.97 Å². The molecule has 0 radical (unpaired) electrons. The molecule has 1 aromatic rings. The van der Waals surface area contributed by atoms with Crippen LogP contribution in [0.2, 0.25) is 0 Å². The monoisotopic (exact) mass is 192 g/mol. The molecule has 0 amide bonds. The number of nitrogens with one attached hydrogen (secondary N) is 1. The quantitative estimate of drug-likeness (QED) is 0.642. The first kappa shape index (κ1) is 9.40. The summed E-state index contributed by atoms with van der Waals surface area (Å²) in [7, 11) is 0. The highest BCUT2D eigenvalue weighted by atomic mass is 15.0. The molecule has 4 heteroatoms. The number of nitrogen functional groups attached to an aromatic ring is 1. The average Bonchev–Trinajstić information content (AvgIpc) is 2.50. The fourth-order valence-electron chi connectivity index (χ4n) is 1.53. The van der Waals surface area contributed by atoms with Crippen molar-refractivity contribution < 1.29 is 0 Å². The van der Waals surface area contributed by atoms with Crippen LogP contribution >= 0.6 is 0 Å². The summed E-state index contributed by atoms with van der Waals surface area (Å²) in [5, 5.41) is 3.22. The predicted octanol–water partition coefficient (Wildman–Crippen LogP) is 0.959. The summed E-state index contributed by atoms with van der Waals surface area (Å²) in [5.41, 5.74) is 7.97. The van der Waals surface area contributed by atoms with Crippen LogP contribution in [-0.2, 0) is 18.5 Å². The number of hydrogen-bond donors (Lipinski definition) is 2. The van der Waals surface area contributed by atoms with Gasteiger partial charge in [0, 0.05) is 24.1 Å². The first-order valence-corrected chi connectivity index (χ1v) is 4.85. The molecule has 2 rings (SSSR count). The van der Waals surface area contributed by atoms with Crippen molar-refractivity contribution in [1.29, 1.82) is 0 Å². The molecule has 0 aliphatic carbocycles. The smallest absolute Gasteiger partial charge is 0.136 e. The Morgan fingerprint density at radius 1 is 1.21 bits per heavy atom. The van der Waals surface area contributed by atoms with E-state index in [2.05, 4.69) is 36.1 Å². The van der Waals surface area contributed by atoms with Crippen molar-refractivity contribution in [3.05, 3.63) is 17.1 Å². The van der Waals surface area contributed by atoms with Gasteiger partial charge in [-0.3, -0.25) is 0 Å². The lowest BCUT2D eigenvalue weighted by Gasteiger charge is -2.17. The van der Waals surface area contributed by atoms with Crippen LogP contribution in [0.1, 0.15) is 37.9 Å². The second-order valence-corrected chi connectivity index (χ2v) is 4.71. The highest BCUT2D eigenvalue weighted by Gasteiger charge is 2.23. The van der Waals surface area contributed by atoms with Gasteiger partial charge >= 0.3 is 0 Å². The molecule has 0 spiro atoms. The second-order valence-electron chi connectivity index (χ2n) is 4.71. The summed E-state index contributed by atoms with van der Waals surface area (Å²) < 4.78 is 0. The maximum absolute atomic E-state index is 5.88. The number of nitrogens with zero attached hydrogens (tertiary/aromatic N) is 2. The van der Waals surface area contributed by atoms with Crippen LogP contribution < -0.4 is 11.1 Å². The molecule has 4 nitrogen and oxygen atoms in total. The van der Waals surface area contributed by atoms with Crippen molar-refractivity contribution in [3.63, 3.8) is 0 Å². The molecule has 0 atom stereocenters. The van der Waals surface area contributed by atoms with Gasteiger partial charge in [-0.25, -0.2) is 9.97 Å². The minimum atomic E-state index is -0.0360. The molecule has 0 saturated carbocycles. The minimum Gasteiger partial charge on any atom is -0.383 e. The third-order valence-corrected chi connectivity index (χ3v) is 2.39. The summed E-state index contributed by atoms with van der Waals surface area (Å²) in [6.45, 7) is 7.89. The molecular weight excluding hydrogens is 176 g/mol. The summed E-state index contributed by atoms with van der Waals surface area (Å²) in [5.74, 6) is 1.46. The summed E-state index contributed by atoms with van der Waals surface area (Å²) in [4.78, 5) is 8.87. The van der Waals surface area contributed by atoms with Crippen molar-refractivity contribution in [3.8, 4) is 0 Å². The Morgan fingerprint density at radius 2 is 1.93 bits per heavy atom. The lowest BCUT2D eigenvalue weighted by atomic mass is 9.95. The van der Waals surface area contributed by atoms with E-state index in [1.54, 1.807) is 0 Å². The summed E-state index contributed by atoms with van der Waals surface area (Å²) in [6.07, 6.45) is 0. The molecule has 76 valence electrons. The van der Waals surface area contributed by atoms with Crippen molar-refractivity contribution >= 4 is 5.82 Å².